The predicted molar refractivity (Wildman–Crippen MR) is 85.0 cm³/mol. The Hall–Kier alpha value is -1.35. The molecular formula is C18H27NO2. The van der Waals surface area contributed by atoms with Crippen molar-refractivity contribution in [3.8, 4) is 0 Å². The number of carbonyl (C=O) groups is 1. The monoisotopic (exact) mass is 289 g/mol. The molecule has 1 aliphatic carbocycles. The molecule has 1 aromatic rings. The largest absolute Gasteiger partial charge is 0.469 e. The lowest BCUT2D eigenvalue weighted by Gasteiger charge is -2.26. The van der Waals surface area contributed by atoms with E-state index in [-0.39, 0.29) is 5.97 Å². The Morgan fingerprint density at radius 2 is 1.86 bits per heavy atom. The van der Waals surface area contributed by atoms with Crippen molar-refractivity contribution in [2.75, 3.05) is 13.7 Å². The van der Waals surface area contributed by atoms with Gasteiger partial charge in [0.05, 0.1) is 13.5 Å². The summed E-state index contributed by atoms with van der Waals surface area (Å²) in [6.07, 6.45) is 5.78. The summed E-state index contributed by atoms with van der Waals surface area (Å²) >= 11 is 0. The summed E-state index contributed by atoms with van der Waals surface area (Å²) in [5.74, 6) is 1.54. The van der Waals surface area contributed by atoms with E-state index in [4.69, 9.17) is 4.74 Å². The maximum absolute atomic E-state index is 11.4. The molecular weight excluding hydrogens is 262 g/mol. The van der Waals surface area contributed by atoms with Gasteiger partial charge in [-0.05, 0) is 42.3 Å². The van der Waals surface area contributed by atoms with Crippen LogP contribution in [0.1, 0.15) is 43.7 Å². The summed E-state index contributed by atoms with van der Waals surface area (Å²) in [5.41, 5.74) is 2.26. The molecule has 0 unspecified atom stereocenters. The Labute approximate surface area is 128 Å². The summed E-state index contributed by atoms with van der Waals surface area (Å²) in [7, 11) is 1.44. The van der Waals surface area contributed by atoms with Crippen LogP contribution in [0.3, 0.4) is 0 Å². The van der Waals surface area contributed by atoms with Gasteiger partial charge < -0.3 is 10.1 Å². The van der Waals surface area contributed by atoms with E-state index in [0.717, 1.165) is 30.5 Å². The highest BCUT2D eigenvalue weighted by Crippen LogP contribution is 2.27. The third-order valence-corrected chi connectivity index (χ3v) is 4.56. The second kappa shape index (κ2) is 8.18. The van der Waals surface area contributed by atoms with Gasteiger partial charge in [0.15, 0.2) is 0 Å². The zero-order chi connectivity index (χ0) is 15.1. The maximum atomic E-state index is 11.4. The van der Waals surface area contributed by atoms with Crippen LogP contribution in [0, 0.1) is 11.8 Å². The Kier molecular flexibility index (Phi) is 6.24. The third kappa shape index (κ3) is 5.16. The predicted octanol–water partition coefficient (Wildman–Crippen LogP) is 3.32. The van der Waals surface area contributed by atoms with Gasteiger partial charge >= 0.3 is 5.97 Å². The fourth-order valence-corrected chi connectivity index (χ4v) is 3.07. The first-order valence-corrected chi connectivity index (χ1v) is 8.03. The van der Waals surface area contributed by atoms with Crippen LogP contribution in [-0.2, 0) is 22.5 Å². The van der Waals surface area contributed by atoms with Crippen molar-refractivity contribution in [2.45, 2.75) is 45.6 Å². The summed E-state index contributed by atoms with van der Waals surface area (Å²) in [6, 6.07) is 8.11. The minimum Gasteiger partial charge on any atom is -0.469 e. The number of nitrogens with one attached hydrogen (secondary N) is 1. The van der Waals surface area contributed by atoms with Gasteiger partial charge in [-0.15, -0.1) is 0 Å². The van der Waals surface area contributed by atoms with Crippen molar-refractivity contribution in [2.24, 2.45) is 11.8 Å². The first-order valence-electron chi connectivity index (χ1n) is 8.03. The van der Waals surface area contributed by atoms with E-state index in [2.05, 4.69) is 18.3 Å². The van der Waals surface area contributed by atoms with Crippen LogP contribution in [0.25, 0.3) is 0 Å². The van der Waals surface area contributed by atoms with Crippen LogP contribution < -0.4 is 5.32 Å². The summed E-state index contributed by atoms with van der Waals surface area (Å²) in [5, 5.41) is 3.57. The fraction of sp³-hybridized carbons (Fsp3) is 0.611. The van der Waals surface area contributed by atoms with Crippen LogP contribution in [0.5, 0.6) is 0 Å². The zero-order valence-corrected chi connectivity index (χ0v) is 13.2. The van der Waals surface area contributed by atoms with Crippen LogP contribution in [-0.4, -0.2) is 19.6 Å². The lowest BCUT2D eigenvalue weighted by molar-refractivity contribution is -0.139. The van der Waals surface area contributed by atoms with Gasteiger partial charge in [0.2, 0.25) is 0 Å². The smallest absolute Gasteiger partial charge is 0.309 e. The molecule has 1 N–H and O–H groups in total. The number of ether oxygens (including phenoxy) is 1. The molecule has 3 heteroatoms. The molecule has 116 valence electrons. The van der Waals surface area contributed by atoms with Gasteiger partial charge in [0.25, 0.3) is 0 Å². The Morgan fingerprint density at radius 3 is 2.52 bits per heavy atom. The highest BCUT2D eigenvalue weighted by molar-refractivity contribution is 5.72. The lowest BCUT2D eigenvalue weighted by Crippen LogP contribution is -2.26. The summed E-state index contributed by atoms with van der Waals surface area (Å²) in [6.45, 7) is 4.27. The van der Waals surface area contributed by atoms with E-state index < -0.39 is 0 Å². The van der Waals surface area contributed by atoms with E-state index in [1.165, 1.54) is 38.4 Å². The number of rotatable bonds is 6. The Morgan fingerprint density at radius 1 is 1.19 bits per heavy atom. The average Bonchev–Trinajstić information content (AvgIpc) is 2.51. The molecule has 0 aromatic heterocycles. The molecule has 0 amide bonds. The van der Waals surface area contributed by atoms with Gasteiger partial charge in [-0.2, -0.15) is 0 Å². The van der Waals surface area contributed by atoms with Crippen molar-refractivity contribution in [1.82, 2.24) is 5.32 Å². The van der Waals surface area contributed by atoms with E-state index in [1.54, 1.807) is 0 Å². The standard InChI is InChI=1S/C18H27NO2/c1-14-7-9-15(10-8-14)12-19-13-17-6-4-3-5-16(17)11-18(20)21-2/h3-6,14-15,19H,7-13H2,1-2H3. The molecule has 1 aliphatic rings. The SMILES string of the molecule is COC(=O)Cc1ccccc1CNCC1CCC(C)CC1. The van der Waals surface area contributed by atoms with Crippen LogP contribution in [0.2, 0.25) is 0 Å². The van der Waals surface area contributed by atoms with Crippen LogP contribution >= 0.6 is 0 Å². The minimum absolute atomic E-state index is 0.177. The molecule has 2 rings (SSSR count). The topological polar surface area (TPSA) is 38.3 Å². The molecule has 3 nitrogen and oxygen atoms in total. The number of methoxy groups -OCH3 is 1. The van der Waals surface area contributed by atoms with Gasteiger partial charge in [0.1, 0.15) is 0 Å². The van der Waals surface area contributed by atoms with Crippen molar-refractivity contribution >= 4 is 5.97 Å². The summed E-state index contributed by atoms with van der Waals surface area (Å²) in [4.78, 5) is 11.4. The molecule has 0 atom stereocenters. The minimum atomic E-state index is -0.177. The van der Waals surface area contributed by atoms with Crippen molar-refractivity contribution in [3.05, 3.63) is 35.4 Å². The second-order valence-electron chi connectivity index (χ2n) is 6.28. The normalized spacial score (nSPS) is 22.0. The molecule has 1 aromatic carbocycles. The molecule has 1 fully saturated rings. The van der Waals surface area contributed by atoms with E-state index in [1.807, 2.05) is 18.2 Å². The number of esters is 1. The van der Waals surface area contributed by atoms with Crippen molar-refractivity contribution < 1.29 is 9.53 Å². The van der Waals surface area contributed by atoms with Crippen LogP contribution in [0.4, 0.5) is 0 Å². The Balaban J connectivity index is 1.81. The number of benzene rings is 1. The van der Waals surface area contributed by atoms with Crippen LogP contribution in [0.15, 0.2) is 24.3 Å². The molecule has 1 saturated carbocycles. The molecule has 0 bridgehead atoms. The molecule has 0 radical (unpaired) electrons. The number of hydrogen-bond acceptors (Lipinski definition) is 3. The highest BCUT2D eigenvalue weighted by Gasteiger charge is 2.17. The van der Waals surface area contributed by atoms with E-state index >= 15 is 0 Å². The van der Waals surface area contributed by atoms with Gasteiger partial charge in [-0.1, -0.05) is 44.0 Å². The third-order valence-electron chi connectivity index (χ3n) is 4.56. The quantitative estimate of drug-likeness (QED) is 0.816. The highest BCUT2D eigenvalue weighted by atomic mass is 16.5. The van der Waals surface area contributed by atoms with Gasteiger partial charge in [-0.3, -0.25) is 4.79 Å². The molecule has 0 aliphatic heterocycles. The number of carbonyl (C=O) groups excluding carboxylic acids is 1. The average molecular weight is 289 g/mol. The van der Waals surface area contributed by atoms with Crippen molar-refractivity contribution in [1.29, 1.82) is 0 Å². The van der Waals surface area contributed by atoms with Gasteiger partial charge in [0, 0.05) is 6.54 Å². The second-order valence-corrected chi connectivity index (χ2v) is 6.28. The van der Waals surface area contributed by atoms with E-state index in [9.17, 15) is 4.79 Å². The maximum Gasteiger partial charge on any atom is 0.309 e. The Bertz CT molecular complexity index is 450. The summed E-state index contributed by atoms with van der Waals surface area (Å²) < 4.78 is 4.76. The lowest BCUT2D eigenvalue weighted by atomic mass is 9.83. The molecule has 0 spiro atoms. The molecule has 0 saturated heterocycles. The van der Waals surface area contributed by atoms with Gasteiger partial charge in [-0.25, -0.2) is 0 Å². The number of hydrogen-bond donors (Lipinski definition) is 1. The zero-order valence-electron chi connectivity index (χ0n) is 13.2. The fourth-order valence-electron chi connectivity index (χ4n) is 3.07. The van der Waals surface area contributed by atoms with Crippen molar-refractivity contribution in [3.63, 3.8) is 0 Å². The molecule has 0 heterocycles. The first-order chi connectivity index (χ1) is 10.2. The van der Waals surface area contributed by atoms with E-state index in [0.29, 0.717) is 6.42 Å². The molecule has 21 heavy (non-hydrogen) atoms. The first kappa shape index (κ1) is 16.0.